The number of hydrogen-bond donors (Lipinski definition) is 0. The fraction of sp³-hybridized carbons (Fsp3) is 0.818. The highest BCUT2D eigenvalue weighted by molar-refractivity contribution is 5.00. The van der Waals surface area contributed by atoms with E-state index in [1.54, 1.807) is 0 Å². The van der Waals surface area contributed by atoms with E-state index in [1.165, 1.54) is 18.4 Å². The number of rotatable bonds is 6. The van der Waals surface area contributed by atoms with Crippen LogP contribution in [0.4, 0.5) is 0 Å². The normalized spacial score (nSPS) is 12.6. The summed E-state index contributed by atoms with van der Waals surface area (Å²) in [6, 6.07) is 0. The largest absolute Gasteiger partial charge is 0.377 e. The van der Waals surface area contributed by atoms with Gasteiger partial charge < -0.3 is 4.74 Å². The molecule has 0 bridgehead atoms. The van der Waals surface area contributed by atoms with Gasteiger partial charge in [-0.15, -0.1) is 0 Å². The Hall–Kier alpha value is -0.300. The van der Waals surface area contributed by atoms with Crippen molar-refractivity contribution in [2.75, 3.05) is 13.2 Å². The molecule has 0 rings (SSSR count). The lowest BCUT2D eigenvalue weighted by molar-refractivity contribution is 0.158. The van der Waals surface area contributed by atoms with Crippen LogP contribution in [-0.2, 0) is 4.74 Å². The van der Waals surface area contributed by atoms with E-state index < -0.39 is 0 Å². The average molecular weight is 170 g/mol. The SMILES string of the molecule is CCCCOCC=C(C)C(C)C. The van der Waals surface area contributed by atoms with Crippen LogP contribution in [0.1, 0.15) is 40.5 Å². The second-order valence-electron chi connectivity index (χ2n) is 3.53. The summed E-state index contributed by atoms with van der Waals surface area (Å²) in [5.74, 6) is 0.653. The van der Waals surface area contributed by atoms with Crippen LogP contribution in [0.5, 0.6) is 0 Å². The van der Waals surface area contributed by atoms with Gasteiger partial charge in [0.1, 0.15) is 0 Å². The highest BCUT2D eigenvalue weighted by Gasteiger charge is 1.94. The molecule has 0 saturated heterocycles. The van der Waals surface area contributed by atoms with Gasteiger partial charge in [-0.05, 0) is 19.3 Å². The molecule has 0 atom stereocenters. The van der Waals surface area contributed by atoms with Gasteiger partial charge in [0.15, 0.2) is 0 Å². The molecule has 0 amide bonds. The maximum atomic E-state index is 5.42. The standard InChI is InChI=1S/C11H22O/c1-5-6-8-12-9-7-11(4)10(2)3/h7,10H,5-6,8-9H2,1-4H3. The zero-order valence-corrected chi connectivity index (χ0v) is 8.89. The van der Waals surface area contributed by atoms with E-state index in [0.717, 1.165) is 13.2 Å². The first-order chi connectivity index (χ1) is 5.68. The zero-order chi connectivity index (χ0) is 9.40. The third-order valence-corrected chi connectivity index (χ3v) is 2.08. The lowest BCUT2D eigenvalue weighted by Crippen LogP contribution is -1.96. The van der Waals surface area contributed by atoms with E-state index in [4.69, 9.17) is 4.74 Å². The van der Waals surface area contributed by atoms with E-state index >= 15 is 0 Å². The molecule has 0 radical (unpaired) electrons. The Morgan fingerprint density at radius 2 is 2.08 bits per heavy atom. The maximum absolute atomic E-state index is 5.42. The molecule has 0 aliphatic rings. The summed E-state index contributed by atoms with van der Waals surface area (Å²) < 4.78 is 5.42. The average Bonchev–Trinajstić information content (AvgIpc) is 2.03. The third kappa shape index (κ3) is 6.41. The topological polar surface area (TPSA) is 9.23 Å². The van der Waals surface area contributed by atoms with Crippen LogP contribution in [-0.4, -0.2) is 13.2 Å². The van der Waals surface area contributed by atoms with Gasteiger partial charge in [-0.1, -0.05) is 38.8 Å². The van der Waals surface area contributed by atoms with Gasteiger partial charge in [-0.2, -0.15) is 0 Å². The predicted molar refractivity (Wildman–Crippen MR) is 54.3 cm³/mol. The van der Waals surface area contributed by atoms with E-state index in [9.17, 15) is 0 Å². The molecule has 0 aromatic rings. The Labute approximate surface area is 76.8 Å². The molecular formula is C11H22O. The summed E-state index contributed by atoms with van der Waals surface area (Å²) in [5, 5.41) is 0. The first-order valence-corrected chi connectivity index (χ1v) is 4.92. The van der Waals surface area contributed by atoms with Gasteiger partial charge in [0, 0.05) is 6.61 Å². The van der Waals surface area contributed by atoms with Crippen molar-refractivity contribution in [2.24, 2.45) is 5.92 Å². The molecule has 0 N–H and O–H groups in total. The van der Waals surface area contributed by atoms with Crippen molar-refractivity contribution in [3.63, 3.8) is 0 Å². The first-order valence-electron chi connectivity index (χ1n) is 4.92. The Bertz CT molecular complexity index is 125. The van der Waals surface area contributed by atoms with Crippen molar-refractivity contribution in [3.05, 3.63) is 11.6 Å². The second kappa shape index (κ2) is 7.35. The number of ether oxygens (including phenoxy) is 1. The summed E-state index contributed by atoms with van der Waals surface area (Å²) in [4.78, 5) is 0. The molecular weight excluding hydrogens is 148 g/mol. The number of hydrogen-bond acceptors (Lipinski definition) is 1. The quantitative estimate of drug-likeness (QED) is 0.438. The Balaban J connectivity index is 3.34. The van der Waals surface area contributed by atoms with Gasteiger partial charge >= 0.3 is 0 Å². The van der Waals surface area contributed by atoms with E-state index in [2.05, 4.69) is 33.8 Å². The van der Waals surface area contributed by atoms with Gasteiger partial charge in [-0.25, -0.2) is 0 Å². The molecule has 0 unspecified atom stereocenters. The second-order valence-corrected chi connectivity index (χ2v) is 3.53. The van der Waals surface area contributed by atoms with Crippen LogP contribution in [0.25, 0.3) is 0 Å². The van der Waals surface area contributed by atoms with Gasteiger partial charge in [0.2, 0.25) is 0 Å². The molecule has 12 heavy (non-hydrogen) atoms. The van der Waals surface area contributed by atoms with Crippen LogP contribution in [0.3, 0.4) is 0 Å². The molecule has 72 valence electrons. The van der Waals surface area contributed by atoms with E-state index in [1.807, 2.05) is 0 Å². The molecule has 0 saturated carbocycles. The van der Waals surface area contributed by atoms with Crippen LogP contribution < -0.4 is 0 Å². The van der Waals surface area contributed by atoms with E-state index in [0.29, 0.717) is 5.92 Å². The van der Waals surface area contributed by atoms with E-state index in [-0.39, 0.29) is 0 Å². The van der Waals surface area contributed by atoms with Crippen molar-refractivity contribution >= 4 is 0 Å². The molecule has 0 aromatic carbocycles. The lowest BCUT2D eigenvalue weighted by Gasteiger charge is -2.05. The van der Waals surface area contributed by atoms with Crippen molar-refractivity contribution in [1.29, 1.82) is 0 Å². The summed E-state index contributed by atoms with van der Waals surface area (Å²) >= 11 is 0. The minimum Gasteiger partial charge on any atom is -0.377 e. The summed E-state index contributed by atoms with van der Waals surface area (Å²) in [6.45, 7) is 10.4. The van der Waals surface area contributed by atoms with Gasteiger partial charge in [0.25, 0.3) is 0 Å². The van der Waals surface area contributed by atoms with Crippen LogP contribution in [0.15, 0.2) is 11.6 Å². The molecule has 1 nitrogen and oxygen atoms in total. The van der Waals surface area contributed by atoms with Crippen molar-refractivity contribution in [1.82, 2.24) is 0 Å². The fourth-order valence-corrected chi connectivity index (χ4v) is 0.756. The molecule has 0 aromatic heterocycles. The summed E-state index contributed by atoms with van der Waals surface area (Å²) in [6.07, 6.45) is 4.57. The van der Waals surface area contributed by atoms with Crippen LogP contribution in [0.2, 0.25) is 0 Å². The fourth-order valence-electron chi connectivity index (χ4n) is 0.756. The Morgan fingerprint density at radius 1 is 1.42 bits per heavy atom. The van der Waals surface area contributed by atoms with Crippen molar-refractivity contribution in [2.45, 2.75) is 40.5 Å². The van der Waals surface area contributed by atoms with Crippen molar-refractivity contribution < 1.29 is 4.74 Å². The first kappa shape index (κ1) is 11.7. The highest BCUT2D eigenvalue weighted by atomic mass is 16.5. The van der Waals surface area contributed by atoms with Gasteiger partial charge in [0.05, 0.1) is 6.61 Å². The predicted octanol–water partition coefficient (Wildman–Crippen LogP) is 3.41. The molecule has 0 heterocycles. The minimum absolute atomic E-state index is 0.653. The van der Waals surface area contributed by atoms with Crippen molar-refractivity contribution in [3.8, 4) is 0 Å². The zero-order valence-electron chi connectivity index (χ0n) is 8.89. The van der Waals surface area contributed by atoms with Crippen LogP contribution in [0, 0.1) is 5.92 Å². The molecule has 1 heteroatoms. The van der Waals surface area contributed by atoms with Gasteiger partial charge in [-0.3, -0.25) is 0 Å². The minimum atomic E-state index is 0.653. The van der Waals surface area contributed by atoms with Crippen LogP contribution >= 0.6 is 0 Å². The molecule has 0 aliphatic heterocycles. The maximum Gasteiger partial charge on any atom is 0.0650 e. The molecule has 0 aliphatic carbocycles. The summed E-state index contributed by atoms with van der Waals surface area (Å²) in [7, 11) is 0. The monoisotopic (exact) mass is 170 g/mol. The summed E-state index contributed by atoms with van der Waals surface area (Å²) in [5.41, 5.74) is 1.42. The smallest absolute Gasteiger partial charge is 0.0650 e. The molecule has 0 fully saturated rings. The third-order valence-electron chi connectivity index (χ3n) is 2.08. The number of unbranched alkanes of at least 4 members (excludes halogenated alkanes) is 1. The Morgan fingerprint density at radius 3 is 2.58 bits per heavy atom. The lowest BCUT2D eigenvalue weighted by atomic mass is 10.1. The highest BCUT2D eigenvalue weighted by Crippen LogP contribution is 2.06. The molecule has 0 spiro atoms. The number of allylic oxidation sites excluding steroid dienone is 1. The Kier molecular flexibility index (Phi) is 7.17.